The molecule has 0 N–H and O–H groups in total. The van der Waals surface area contributed by atoms with Gasteiger partial charge in [-0.1, -0.05) is 53.6 Å². The standard InChI is InChI=1S/C25H31N3O5S2/c1-5-14-27(35(31,32)24-12-8-21(3)9-13-24)18-23-17-26-25(28(23)15-16-33-4)34(29,30)19-22-10-6-20(2)7-11-22/h5-13,17H,1,14-16,18-19H2,2-4H3. The van der Waals surface area contributed by atoms with Crippen LogP contribution in [0.5, 0.6) is 0 Å². The zero-order valence-electron chi connectivity index (χ0n) is 20.2. The van der Waals surface area contributed by atoms with Crippen molar-refractivity contribution in [3.63, 3.8) is 0 Å². The number of rotatable bonds is 12. The first-order valence-electron chi connectivity index (χ1n) is 11.1. The number of ether oxygens (including phenoxy) is 1. The molecular weight excluding hydrogens is 486 g/mol. The van der Waals surface area contributed by atoms with Gasteiger partial charge in [0.2, 0.25) is 25.0 Å². The van der Waals surface area contributed by atoms with Crippen molar-refractivity contribution in [2.45, 2.75) is 42.7 Å². The van der Waals surface area contributed by atoms with Gasteiger partial charge in [0.1, 0.15) is 0 Å². The second kappa shape index (κ2) is 11.3. The molecule has 35 heavy (non-hydrogen) atoms. The Hall–Kier alpha value is -2.79. The zero-order chi connectivity index (χ0) is 25.6. The Kier molecular flexibility index (Phi) is 8.65. The molecule has 188 valence electrons. The van der Waals surface area contributed by atoms with Crippen LogP contribution in [0.25, 0.3) is 0 Å². The van der Waals surface area contributed by atoms with Crippen LogP contribution in [0, 0.1) is 13.8 Å². The SMILES string of the molecule is C=CCN(Cc1cnc(S(=O)(=O)Cc2ccc(C)cc2)n1CCOC)S(=O)(=O)c1ccc(C)cc1. The summed E-state index contributed by atoms with van der Waals surface area (Å²) in [5, 5.41) is -0.114. The summed E-state index contributed by atoms with van der Waals surface area (Å²) < 4.78 is 61.2. The Labute approximate surface area is 207 Å². The first-order chi connectivity index (χ1) is 16.6. The first-order valence-corrected chi connectivity index (χ1v) is 14.2. The minimum atomic E-state index is -3.85. The van der Waals surface area contributed by atoms with Crippen LogP contribution in [-0.2, 0) is 43.4 Å². The van der Waals surface area contributed by atoms with Crippen LogP contribution in [0.15, 0.2) is 77.4 Å². The number of imidazole rings is 1. The molecule has 0 unspecified atom stereocenters. The Bertz CT molecular complexity index is 1360. The molecule has 0 saturated heterocycles. The van der Waals surface area contributed by atoms with Gasteiger partial charge in [-0.2, -0.15) is 4.31 Å². The third-order valence-corrected chi connectivity index (χ3v) is 8.93. The number of hydrogen-bond acceptors (Lipinski definition) is 6. The van der Waals surface area contributed by atoms with Crippen LogP contribution >= 0.6 is 0 Å². The maximum atomic E-state index is 13.3. The molecule has 0 aliphatic rings. The maximum Gasteiger partial charge on any atom is 0.243 e. The Balaban J connectivity index is 1.98. The summed E-state index contributed by atoms with van der Waals surface area (Å²) >= 11 is 0. The minimum absolute atomic E-state index is 0.0527. The molecule has 0 aliphatic heterocycles. The van der Waals surface area contributed by atoms with E-state index in [1.807, 2.05) is 26.0 Å². The molecule has 0 bridgehead atoms. The van der Waals surface area contributed by atoms with Crippen molar-refractivity contribution >= 4 is 19.9 Å². The number of sulfonamides is 1. The molecule has 10 heteroatoms. The molecule has 0 fully saturated rings. The third kappa shape index (κ3) is 6.46. The summed E-state index contributed by atoms with van der Waals surface area (Å²) in [5.41, 5.74) is 3.07. The van der Waals surface area contributed by atoms with Crippen LogP contribution in [0.3, 0.4) is 0 Å². The van der Waals surface area contributed by atoms with Gasteiger partial charge in [0.25, 0.3) is 0 Å². The maximum absolute atomic E-state index is 13.3. The van der Waals surface area contributed by atoms with Gasteiger partial charge in [-0.3, -0.25) is 0 Å². The topological polar surface area (TPSA) is 98.6 Å². The Morgan fingerprint density at radius 3 is 2.17 bits per heavy atom. The molecule has 1 heterocycles. The number of benzene rings is 2. The molecule has 8 nitrogen and oxygen atoms in total. The quantitative estimate of drug-likeness (QED) is 0.341. The van der Waals surface area contributed by atoms with Crippen molar-refractivity contribution in [3.05, 3.63) is 89.8 Å². The second-order valence-corrected chi connectivity index (χ2v) is 12.1. The lowest BCUT2D eigenvalue weighted by Crippen LogP contribution is -2.32. The highest BCUT2D eigenvalue weighted by Gasteiger charge is 2.28. The second-order valence-electron chi connectivity index (χ2n) is 8.32. The van der Waals surface area contributed by atoms with Crippen LogP contribution in [-0.4, -0.2) is 51.0 Å². The molecule has 2 aromatic carbocycles. The van der Waals surface area contributed by atoms with Gasteiger partial charge in [0.05, 0.1) is 35.7 Å². The van der Waals surface area contributed by atoms with Crippen molar-refractivity contribution in [2.75, 3.05) is 20.3 Å². The van der Waals surface area contributed by atoms with E-state index < -0.39 is 19.9 Å². The van der Waals surface area contributed by atoms with Crippen molar-refractivity contribution < 1.29 is 21.6 Å². The molecule has 0 radical (unpaired) electrons. The van der Waals surface area contributed by atoms with Crippen molar-refractivity contribution in [1.29, 1.82) is 0 Å². The minimum Gasteiger partial charge on any atom is -0.383 e. The highest BCUT2D eigenvalue weighted by Crippen LogP contribution is 2.22. The number of aromatic nitrogens is 2. The van der Waals surface area contributed by atoms with Crippen molar-refractivity contribution in [3.8, 4) is 0 Å². The summed E-state index contributed by atoms with van der Waals surface area (Å²) in [6.45, 7) is 7.93. The number of sulfone groups is 1. The Morgan fingerprint density at radius 2 is 1.60 bits per heavy atom. The average Bonchev–Trinajstić information content (AvgIpc) is 3.22. The van der Waals surface area contributed by atoms with Gasteiger partial charge in [-0.05, 0) is 31.5 Å². The molecule has 0 aliphatic carbocycles. The number of aryl methyl sites for hydroxylation is 2. The van der Waals surface area contributed by atoms with Crippen LogP contribution in [0.1, 0.15) is 22.4 Å². The van der Waals surface area contributed by atoms with Gasteiger partial charge in [0, 0.05) is 20.2 Å². The predicted octanol–water partition coefficient (Wildman–Crippen LogP) is 3.50. The summed E-state index contributed by atoms with van der Waals surface area (Å²) in [6, 6.07) is 13.8. The molecule has 0 saturated carbocycles. The fourth-order valence-electron chi connectivity index (χ4n) is 3.59. The lowest BCUT2D eigenvalue weighted by atomic mass is 10.2. The molecule has 0 amide bonds. The fourth-order valence-corrected chi connectivity index (χ4v) is 6.49. The van der Waals surface area contributed by atoms with E-state index in [4.69, 9.17) is 4.74 Å². The summed E-state index contributed by atoms with van der Waals surface area (Å²) in [5.74, 6) is -0.214. The normalized spacial score (nSPS) is 12.2. The predicted molar refractivity (Wildman–Crippen MR) is 135 cm³/mol. The van der Waals surface area contributed by atoms with E-state index >= 15 is 0 Å². The fraction of sp³-hybridized carbons (Fsp3) is 0.320. The largest absolute Gasteiger partial charge is 0.383 e. The highest BCUT2D eigenvalue weighted by molar-refractivity contribution is 7.90. The number of hydrogen-bond donors (Lipinski definition) is 0. The van der Waals surface area contributed by atoms with E-state index in [1.165, 1.54) is 28.3 Å². The smallest absolute Gasteiger partial charge is 0.243 e. The van der Waals surface area contributed by atoms with E-state index in [1.54, 1.807) is 36.4 Å². The first kappa shape index (κ1) is 26.8. The van der Waals surface area contributed by atoms with E-state index in [2.05, 4.69) is 11.6 Å². The van der Waals surface area contributed by atoms with Gasteiger partial charge in [-0.15, -0.1) is 6.58 Å². The number of nitrogens with zero attached hydrogens (tertiary/aromatic N) is 3. The molecule has 0 atom stereocenters. The van der Waals surface area contributed by atoms with Crippen LogP contribution < -0.4 is 0 Å². The van der Waals surface area contributed by atoms with Crippen molar-refractivity contribution in [1.82, 2.24) is 13.9 Å². The lowest BCUT2D eigenvalue weighted by Gasteiger charge is -2.22. The molecule has 3 aromatic rings. The summed E-state index contributed by atoms with van der Waals surface area (Å²) in [7, 11) is -6.14. The average molecular weight is 518 g/mol. The Morgan fingerprint density at radius 1 is 1.00 bits per heavy atom. The van der Waals surface area contributed by atoms with Crippen LogP contribution in [0.2, 0.25) is 0 Å². The number of methoxy groups -OCH3 is 1. The van der Waals surface area contributed by atoms with Gasteiger partial charge in [0.15, 0.2) is 0 Å². The van der Waals surface area contributed by atoms with E-state index in [9.17, 15) is 16.8 Å². The highest BCUT2D eigenvalue weighted by atomic mass is 32.2. The molecule has 3 rings (SSSR count). The summed E-state index contributed by atoms with van der Waals surface area (Å²) in [4.78, 5) is 4.36. The molecule has 0 spiro atoms. The summed E-state index contributed by atoms with van der Waals surface area (Å²) in [6.07, 6.45) is 2.91. The van der Waals surface area contributed by atoms with Crippen LogP contribution in [0.4, 0.5) is 0 Å². The lowest BCUT2D eigenvalue weighted by molar-refractivity contribution is 0.183. The van der Waals surface area contributed by atoms with Gasteiger partial charge in [-0.25, -0.2) is 21.8 Å². The van der Waals surface area contributed by atoms with E-state index in [0.717, 1.165) is 11.1 Å². The zero-order valence-corrected chi connectivity index (χ0v) is 21.8. The van der Waals surface area contributed by atoms with E-state index in [-0.39, 0.29) is 42.0 Å². The van der Waals surface area contributed by atoms with E-state index in [0.29, 0.717) is 11.3 Å². The van der Waals surface area contributed by atoms with Gasteiger partial charge < -0.3 is 9.30 Å². The van der Waals surface area contributed by atoms with Gasteiger partial charge >= 0.3 is 0 Å². The van der Waals surface area contributed by atoms with Crippen molar-refractivity contribution in [2.24, 2.45) is 0 Å². The third-order valence-electron chi connectivity index (χ3n) is 5.51. The monoisotopic (exact) mass is 517 g/mol. The molecular formula is C25H31N3O5S2. The molecule has 1 aromatic heterocycles.